The third-order valence-electron chi connectivity index (χ3n) is 5.72. The van der Waals surface area contributed by atoms with Crippen LogP contribution < -0.4 is 30.4 Å². The molecule has 24 heteroatoms. The number of fused-ring (bicyclic) bond motifs is 2. The number of hydrogen-bond acceptors (Lipinski definition) is 13. The molecule has 0 radical (unpaired) electrons. The maximum atomic E-state index is 11.6. The standard InChI is InChI=1S/C9H12N4OS.C8H10N4OS.C6H11N3.C2H5NS.CO2.I3.I2/c1-5(2)6-4-10-13-7(6)11-8(15-3)12-9(13)14;1-4(2)5-3-9-12-6(5)10-7(14)11-8(12)13;1-4(2)5-3-8-9-6(5)7;1-2-3-4;2-1-3;1-3-2;1-2/h4-5H,1-3H3,(H,11,12,14);3-4,9H,1-2H3,(H,11,13,14);3-4H,1-2H3,(H3,7,8,9);2H2,1H3;;;/q;;;;;-1;. The van der Waals surface area contributed by atoms with Gasteiger partial charge in [0.25, 0.3) is 0 Å². The van der Waals surface area contributed by atoms with Gasteiger partial charge in [-0.25, -0.2) is 23.9 Å². The van der Waals surface area contributed by atoms with Crippen LogP contribution in [0.25, 0.3) is 11.3 Å². The van der Waals surface area contributed by atoms with Crippen molar-refractivity contribution in [1.29, 1.82) is 0 Å². The first kappa shape index (κ1) is 51.4. The van der Waals surface area contributed by atoms with E-state index in [1.165, 1.54) is 20.8 Å². The predicted molar refractivity (Wildman–Crippen MR) is 233 cm³/mol. The smallest absolute Gasteiger partial charge is 0.186 e. The molecule has 0 saturated carbocycles. The van der Waals surface area contributed by atoms with Crippen molar-refractivity contribution in [2.24, 2.45) is 4.36 Å². The van der Waals surface area contributed by atoms with Crippen LogP contribution in [0.2, 0.25) is 0 Å². The van der Waals surface area contributed by atoms with Gasteiger partial charge in [0.05, 0.1) is 12.4 Å². The number of H-pyrrole nitrogens is 4. The summed E-state index contributed by atoms with van der Waals surface area (Å²) >= 11 is 20.0. The molecule has 5 rings (SSSR count). The van der Waals surface area contributed by atoms with Crippen LogP contribution in [0.5, 0.6) is 0 Å². The van der Waals surface area contributed by atoms with Crippen molar-refractivity contribution in [1.82, 2.24) is 49.4 Å². The van der Waals surface area contributed by atoms with Gasteiger partial charge in [-0.15, -0.1) is 0 Å². The molecule has 16 nitrogen and oxygen atoms in total. The van der Waals surface area contributed by atoms with Crippen LogP contribution >= 0.6 is 98.4 Å². The molecule has 0 saturated heterocycles. The molecule has 0 spiro atoms. The summed E-state index contributed by atoms with van der Waals surface area (Å²) < 4.78 is 6.19. The molecule has 6 N–H and O–H groups in total. The van der Waals surface area contributed by atoms with Gasteiger partial charge in [0.2, 0.25) is 4.77 Å². The van der Waals surface area contributed by atoms with Gasteiger partial charge in [-0.3, -0.25) is 20.2 Å². The van der Waals surface area contributed by atoms with E-state index < -0.39 is 0 Å². The first-order chi connectivity index (χ1) is 23.7. The summed E-state index contributed by atoms with van der Waals surface area (Å²) in [5.74, 6) is 1.76. The quantitative estimate of drug-likeness (QED) is 0.0944. The van der Waals surface area contributed by atoms with E-state index in [9.17, 15) is 9.59 Å². The number of hydrogen-bond donors (Lipinski definition) is 5. The molecule has 0 amide bonds. The molecule has 0 aliphatic heterocycles. The van der Waals surface area contributed by atoms with Gasteiger partial charge in [-0.2, -0.15) is 28.8 Å². The Labute approximate surface area is 356 Å². The number of halogens is 5. The SMILES string of the molecule is CC(C)c1c[nH]n2c(=O)[nH]c(=S)nc12.CC(C)c1cn[nH]c1N.CCN=S.CSc1nc2c(C(C)C)cnn2c(=O)[nH]1.II.I[I-]I.O=C=O. The van der Waals surface area contributed by atoms with Crippen molar-refractivity contribution in [3.8, 4) is 0 Å². The van der Waals surface area contributed by atoms with Gasteiger partial charge >= 0.3 is 68.0 Å². The number of carbonyl (C=O) groups excluding carboxylic acids is 2. The summed E-state index contributed by atoms with van der Waals surface area (Å²) in [6.45, 7) is 15.0. The van der Waals surface area contributed by atoms with Crippen molar-refractivity contribution < 1.29 is 22.8 Å². The van der Waals surface area contributed by atoms with Gasteiger partial charge in [-0.05, 0) is 43.2 Å². The molecule has 0 atom stereocenters. The van der Waals surface area contributed by atoms with Crippen LogP contribution in [0.3, 0.4) is 0 Å². The van der Waals surface area contributed by atoms with Crippen LogP contribution in [0.1, 0.15) is 82.9 Å². The second kappa shape index (κ2) is 29.7. The minimum atomic E-state index is -0.285. The molecule has 5 heterocycles. The summed E-state index contributed by atoms with van der Waals surface area (Å²) in [6, 6.07) is 0. The number of nitrogens with zero attached hydrogens (tertiary/aromatic N) is 7. The van der Waals surface area contributed by atoms with E-state index in [0.717, 1.165) is 23.2 Å². The van der Waals surface area contributed by atoms with E-state index in [1.807, 2.05) is 27.0 Å². The van der Waals surface area contributed by atoms with Crippen molar-refractivity contribution in [3.63, 3.8) is 0 Å². The van der Waals surface area contributed by atoms with Crippen LogP contribution in [0.15, 0.2) is 37.7 Å². The number of rotatable bonds is 5. The normalized spacial score (nSPS) is 9.74. The van der Waals surface area contributed by atoms with Crippen molar-refractivity contribution in [3.05, 3.63) is 61.0 Å². The van der Waals surface area contributed by atoms with E-state index in [-0.39, 0.29) is 22.3 Å². The van der Waals surface area contributed by atoms with E-state index >= 15 is 0 Å². The Morgan fingerprint density at radius 2 is 1.48 bits per heavy atom. The number of thioether (sulfide) groups is 1. The summed E-state index contributed by atoms with van der Waals surface area (Å²) in [7, 11) is 0. The summed E-state index contributed by atoms with van der Waals surface area (Å²) in [4.78, 5) is 52.8. The average molecular weight is 1310 g/mol. The predicted octanol–water partition coefficient (Wildman–Crippen LogP) is 4.28. The Bertz CT molecular complexity index is 1900. The zero-order valence-electron chi connectivity index (χ0n) is 28.1. The van der Waals surface area contributed by atoms with Crippen molar-refractivity contribution in [2.45, 2.75) is 71.4 Å². The summed E-state index contributed by atoms with van der Waals surface area (Å²) in [5, 5.41) is 13.9. The molecule has 5 aromatic heterocycles. The minimum Gasteiger partial charge on any atom is -0.186 e. The molecule has 0 fully saturated rings. The largest absolute Gasteiger partial charge is 0.373 e. The monoisotopic (exact) mass is 1310 g/mol. The fourth-order valence-corrected chi connectivity index (χ4v) is 4.05. The van der Waals surface area contributed by atoms with Crippen LogP contribution in [-0.4, -0.2) is 68.3 Å². The molecule has 0 aliphatic carbocycles. The number of aromatic nitrogens is 10. The average Bonchev–Trinajstić information content (AvgIpc) is 3.82. The molecule has 0 bridgehead atoms. The molecule has 0 unspecified atom stereocenters. The fraction of sp³-hybridized carbons (Fsp3) is 0.462. The maximum Gasteiger partial charge on any atom is 0.373 e. The Hall–Kier alpha value is -0.670. The van der Waals surface area contributed by atoms with Gasteiger partial charge < -0.3 is 5.73 Å². The summed E-state index contributed by atoms with van der Waals surface area (Å²) in [5.41, 5.74) is 9.33. The zero-order chi connectivity index (χ0) is 39.0. The number of nitrogen functional groups attached to an aromatic ring is 1. The maximum absolute atomic E-state index is 11.6. The van der Waals surface area contributed by atoms with E-state index in [0.29, 0.717) is 53.3 Å². The minimum absolute atomic E-state index is 0.219. The fourth-order valence-electron chi connectivity index (χ4n) is 3.51. The third-order valence-corrected chi connectivity index (χ3v) is 6.75. The van der Waals surface area contributed by atoms with Gasteiger partial charge in [0.1, 0.15) is 5.82 Å². The van der Waals surface area contributed by atoms with Crippen LogP contribution in [0, 0.1) is 4.77 Å². The number of aromatic amines is 4. The van der Waals surface area contributed by atoms with Crippen LogP contribution in [-0.2, 0) is 22.0 Å². The number of nitrogens with one attached hydrogen (secondary N) is 4. The Morgan fingerprint density at radius 3 is 1.88 bits per heavy atom. The van der Waals surface area contributed by atoms with Gasteiger partial charge in [0, 0.05) is 79.1 Å². The molecule has 0 aliphatic rings. The van der Waals surface area contributed by atoms with Gasteiger partial charge in [-0.1, -0.05) is 53.3 Å². The molecule has 280 valence electrons. The molecule has 5 aromatic rings. The van der Waals surface area contributed by atoms with Gasteiger partial charge in [0.15, 0.2) is 16.5 Å². The Kier molecular flexibility index (Phi) is 30.6. The summed E-state index contributed by atoms with van der Waals surface area (Å²) in [6.07, 6.45) is 7.36. The van der Waals surface area contributed by atoms with Crippen LogP contribution in [0.4, 0.5) is 5.82 Å². The Balaban J connectivity index is 0. The third kappa shape index (κ3) is 18.4. The first-order valence-corrected chi connectivity index (χ1v) is 34.8. The first-order valence-electron chi connectivity index (χ1n) is 14.0. The number of nitrogens with two attached hydrogens (primary N) is 1. The molecular weight excluding hydrogens is 1280 g/mol. The topological polar surface area (TPSA) is 230 Å². The van der Waals surface area contributed by atoms with E-state index in [4.69, 9.17) is 27.5 Å². The van der Waals surface area contributed by atoms with E-state index in [2.05, 4.69) is 159 Å². The molecule has 50 heavy (non-hydrogen) atoms. The van der Waals surface area contributed by atoms with Crippen molar-refractivity contribution in [2.75, 3.05) is 18.5 Å². The second-order valence-electron chi connectivity index (χ2n) is 9.91. The molecular formula is C26H38I5N12O4S3-. The van der Waals surface area contributed by atoms with Crippen molar-refractivity contribution >= 4 is 134 Å². The number of anilines is 1. The van der Waals surface area contributed by atoms with E-state index in [1.54, 1.807) is 18.6 Å². The molecule has 0 aromatic carbocycles. The zero-order valence-corrected chi connectivity index (χ0v) is 41.4. The Morgan fingerprint density at radius 1 is 0.960 bits per heavy atom. The second-order valence-corrected chi connectivity index (χ2v) is 27.6.